The van der Waals surface area contributed by atoms with Crippen LogP contribution < -0.4 is 10.1 Å². The van der Waals surface area contributed by atoms with Gasteiger partial charge in [-0.1, -0.05) is 18.2 Å². The molecule has 1 aromatic carbocycles. The van der Waals surface area contributed by atoms with Crippen molar-refractivity contribution in [1.82, 2.24) is 10.2 Å². The van der Waals surface area contributed by atoms with Crippen LogP contribution in [0.3, 0.4) is 0 Å². The summed E-state index contributed by atoms with van der Waals surface area (Å²) in [5, 5.41) is 3.40. The number of carbonyl (C=O) groups excluding carboxylic acids is 1. The molecule has 2 aliphatic heterocycles. The number of nitrogens with zero attached hydrogens (tertiary/aromatic N) is 1. The summed E-state index contributed by atoms with van der Waals surface area (Å²) in [5.74, 6) is 1.21. The standard InChI is InChI=1S/C17H24N2O3.ClH/c1-21-16-5-3-2-4-14(16)15-12-18-8-9-19(15)17(20)13-6-10-22-11-7-13;/h2-5,13,15,18H,6-12H2,1H3;1H. The summed E-state index contributed by atoms with van der Waals surface area (Å²) in [6.07, 6.45) is 1.67. The molecule has 23 heavy (non-hydrogen) atoms. The Morgan fingerprint density at radius 1 is 1.30 bits per heavy atom. The Bertz CT molecular complexity index is 520. The highest BCUT2D eigenvalue weighted by Crippen LogP contribution is 2.32. The monoisotopic (exact) mass is 340 g/mol. The van der Waals surface area contributed by atoms with Gasteiger partial charge in [0, 0.05) is 44.3 Å². The van der Waals surface area contributed by atoms with Crippen molar-refractivity contribution in [2.45, 2.75) is 18.9 Å². The Morgan fingerprint density at radius 3 is 2.78 bits per heavy atom. The van der Waals surface area contributed by atoms with Gasteiger partial charge in [-0.25, -0.2) is 0 Å². The van der Waals surface area contributed by atoms with Crippen LogP contribution in [0.4, 0.5) is 0 Å². The molecule has 128 valence electrons. The molecule has 3 rings (SSSR count). The van der Waals surface area contributed by atoms with E-state index >= 15 is 0 Å². The molecule has 2 aliphatic rings. The summed E-state index contributed by atoms with van der Waals surface area (Å²) in [7, 11) is 1.68. The van der Waals surface area contributed by atoms with Crippen LogP contribution >= 0.6 is 12.4 Å². The minimum Gasteiger partial charge on any atom is -0.496 e. The quantitative estimate of drug-likeness (QED) is 0.914. The Labute approximate surface area is 143 Å². The van der Waals surface area contributed by atoms with Crippen LogP contribution in [0.25, 0.3) is 0 Å². The normalized spacial score (nSPS) is 22.3. The minimum atomic E-state index is 0. The van der Waals surface area contributed by atoms with Crippen LogP contribution in [0.1, 0.15) is 24.4 Å². The van der Waals surface area contributed by atoms with Gasteiger partial charge in [0.1, 0.15) is 5.75 Å². The Balaban J connectivity index is 0.00000192. The molecule has 6 heteroatoms. The van der Waals surface area contributed by atoms with Crippen molar-refractivity contribution in [2.75, 3.05) is 40.0 Å². The molecule has 0 aromatic heterocycles. The molecule has 2 heterocycles. The van der Waals surface area contributed by atoms with Crippen molar-refractivity contribution in [3.63, 3.8) is 0 Å². The zero-order valence-corrected chi connectivity index (χ0v) is 14.3. The number of para-hydroxylation sites is 1. The summed E-state index contributed by atoms with van der Waals surface area (Å²) in [4.78, 5) is 15.0. The van der Waals surface area contributed by atoms with Gasteiger partial charge in [-0.15, -0.1) is 12.4 Å². The summed E-state index contributed by atoms with van der Waals surface area (Å²) in [6.45, 7) is 3.76. The van der Waals surface area contributed by atoms with E-state index in [9.17, 15) is 4.79 Å². The Hall–Kier alpha value is -1.30. The number of benzene rings is 1. The molecule has 0 aliphatic carbocycles. The first-order valence-corrected chi connectivity index (χ1v) is 8.03. The predicted octanol–water partition coefficient (Wildman–Crippen LogP) is 2.02. The average molecular weight is 341 g/mol. The van der Waals surface area contributed by atoms with Gasteiger partial charge in [-0.2, -0.15) is 0 Å². The number of nitrogens with one attached hydrogen (secondary N) is 1. The fourth-order valence-electron chi connectivity index (χ4n) is 3.37. The first-order valence-electron chi connectivity index (χ1n) is 8.03. The third-order valence-corrected chi connectivity index (χ3v) is 4.59. The third kappa shape index (κ3) is 3.97. The lowest BCUT2D eigenvalue weighted by Gasteiger charge is -2.39. The van der Waals surface area contributed by atoms with E-state index in [4.69, 9.17) is 9.47 Å². The van der Waals surface area contributed by atoms with Crippen LogP contribution in [0.15, 0.2) is 24.3 Å². The summed E-state index contributed by atoms with van der Waals surface area (Å²) < 4.78 is 10.9. The molecule has 1 amide bonds. The number of hydrogen-bond donors (Lipinski definition) is 1. The number of hydrogen-bond acceptors (Lipinski definition) is 4. The number of methoxy groups -OCH3 is 1. The lowest BCUT2D eigenvalue weighted by molar-refractivity contribution is -0.142. The van der Waals surface area contributed by atoms with E-state index in [0.29, 0.717) is 13.2 Å². The molecule has 1 N–H and O–H groups in total. The lowest BCUT2D eigenvalue weighted by atomic mass is 9.95. The number of carbonyl (C=O) groups is 1. The molecule has 5 nitrogen and oxygen atoms in total. The largest absolute Gasteiger partial charge is 0.496 e. The van der Waals surface area contributed by atoms with E-state index in [1.54, 1.807) is 7.11 Å². The van der Waals surface area contributed by atoms with E-state index in [1.807, 2.05) is 23.1 Å². The predicted molar refractivity (Wildman–Crippen MR) is 91.1 cm³/mol. The minimum absolute atomic E-state index is 0. The molecular weight excluding hydrogens is 316 g/mol. The summed E-state index contributed by atoms with van der Waals surface area (Å²) in [5.41, 5.74) is 1.08. The van der Waals surface area contributed by atoms with Crippen LogP contribution in [0.2, 0.25) is 0 Å². The smallest absolute Gasteiger partial charge is 0.226 e. The summed E-state index contributed by atoms with van der Waals surface area (Å²) >= 11 is 0. The van der Waals surface area contributed by atoms with Crippen LogP contribution in [0.5, 0.6) is 5.75 Å². The zero-order valence-electron chi connectivity index (χ0n) is 13.5. The van der Waals surface area contributed by atoms with Crippen LogP contribution in [-0.4, -0.2) is 50.8 Å². The first kappa shape index (κ1) is 18.0. The van der Waals surface area contributed by atoms with Gasteiger partial charge in [-0.3, -0.25) is 4.79 Å². The second-order valence-corrected chi connectivity index (χ2v) is 5.88. The fourth-order valence-corrected chi connectivity index (χ4v) is 3.37. The van der Waals surface area contributed by atoms with Crippen molar-refractivity contribution in [2.24, 2.45) is 5.92 Å². The number of halogens is 1. The van der Waals surface area contributed by atoms with E-state index in [2.05, 4.69) is 11.4 Å². The van der Waals surface area contributed by atoms with Crippen molar-refractivity contribution >= 4 is 18.3 Å². The van der Waals surface area contributed by atoms with E-state index in [-0.39, 0.29) is 30.3 Å². The SMILES string of the molecule is COc1ccccc1C1CNCCN1C(=O)C1CCOCC1.Cl. The van der Waals surface area contributed by atoms with Gasteiger partial charge in [0.25, 0.3) is 0 Å². The Kier molecular flexibility index (Phi) is 6.69. The van der Waals surface area contributed by atoms with Gasteiger partial charge in [0.2, 0.25) is 5.91 Å². The van der Waals surface area contributed by atoms with Gasteiger partial charge in [-0.05, 0) is 18.9 Å². The summed E-state index contributed by atoms with van der Waals surface area (Å²) in [6, 6.07) is 8.02. The molecule has 0 radical (unpaired) electrons. The molecule has 0 saturated carbocycles. The first-order chi connectivity index (χ1) is 10.8. The highest BCUT2D eigenvalue weighted by atomic mass is 35.5. The molecule has 1 atom stereocenters. The average Bonchev–Trinajstić information content (AvgIpc) is 2.62. The van der Waals surface area contributed by atoms with Gasteiger partial charge >= 0.3 is 0 Å². The Morgan fingerprint density at radius 2 is 2.04 bits per heavy atom. The van der Waals surface area contributed by atoms with Crippen molar-refractivity contribution < 1.29 is 14.3 Å². The number of ether oxygens (including phenoxy) is 2. The number of amides is 1. The van der Waals surface area contributed by atoms with Crippen LogP contribution in [-0.2, 0) is 9.53 Å². The van der Waals surface area contributed by atoms with E-state index in [1.165, 1.54) is 0 Å². The number of rotatable bonds is 3. The maximum Gasteiger partial charge on any atom is 0.226 e. The second kappa shape index (κ2) is 8.52. The lowest BCUT2D eigenvalue weighted by Crippen LogP contribution is -2.51. The van der Waals surface area contributed by atoms with Crippen molar-refractivity contribution in [3.8, 4) is 5.75 Å². The molecule has 0 bridgehead atoms. The molecule has 1 unspecified atom stereocenters. The van der Waals surface area contributed by atoms with E-state index < -0.39 is 0 Å². The molecule has 1 aromatic rings. The topological polar surface area (TPSA) is 50.8 Å². The molecule has 2 fully saturated rings. The number of piperazine rings is 1. The van der Waals surface area contributed by atoms with Gasteiger partial charge in [0.05, 0.1) is 13.2 Å². The van der Waals surface area contributed by atoms with E-state index in [0.717, 1.165) is 43.8 Å². The van der Waals surface area contributed by atoms with Gasteiger partial charge < -0.3 is 19.7 Å². The van der Waals surface area contributed by atoms with Gasteiger partial charge in [0.15, 0.2) is 0 Å². The highest BCUT2D eigenvalue weighted by Gasteiger charge is 2.34. The maximum absolute atomic E-state index is 12.9. The molecular formula is C17H25ClN2O3. The molecule has 2 saturated heterocycles. The molecule has 0 spiro atoms. The van der Waals surface area contributed by atoms with Crippen LogP contribution in [0, 0.1) is 5.92 Å². The maximum atomic E-state index is 12.9. The third-order valence-electron chi connectivity index (χ3n) is 4.59. The second-order valence-electron chi connectivity index (χ2n) is 5.88. The highest BCUT2D eigenvalue weighted by molar-refractivity contribution is 5.85. The van der Waals surface area contributed by atoms with Crippen molar-refractivity contribution in [1.29, 1.82) is 0 Å². The van der Waals surface area contributed by atoms with Crippen molar-refractivity contribution in [3.05, 3.63) is 29.8 Å². The zero-order chi connectivity index (χ0) is 15.4. The fraction of sp³-hybridized carbons (Fsp3) is 0.588.